The van der Waals surface area contributed by atoms with Crippen molar-refractivity contribution in [2.45, 2.75) is 44.9 Å². The van der Waals surface area contributed by atoms with Crippen molar-refractivity contribution in [2.24, 2.45) is 16.5 Å². The Balaban J connectivity index is 2.03. The second kappa shape index (κ2) is 6.54. The Labute approximate surface area is 130 Å². The van der Waals surface area contributed by atoms with Gasteiger partial charge in [-0.05, 0) is 18.3 Å². The third-order valence-corrected chi connectivity index (χ3v) is 5.67. The van der Waals surface area contributed by atoms with Gasteiger partial charge in [0.25, 0.3) is 0 Å². The third-order valence-electron chi connectivity index (χ3n) is 4.73. The van der Waals surface area contributed by atoms with Crippen LogP contribution in [0.5, 0.6) is 0 Å². The van der Waals surface area contributed by atoms with Gasteiger partial charge in [0.2, 0.25) is 15.9 Å². The summed E-state index contributed by atoms with van der Waals surface area (Å²) in [6.07, 6.45) is 4.93. The number of primary sulfonamides is 1. The first-order valence-corrected chi connectivity index (χ1v) is 9.41. The van der Waals surface area contributed by atoms with E-state index in [1.807, 2.05) is 0 Å². The molecular weight excluding hydrogens is 308 g/mol. The Morgan fingerprint density at radius 1 is 1.32 bits per heavy atom. The summed E-state index contributed by atoms with van der Waals surface area (Å²) in [6.45, 7) is 0.774. The van der Waals surface area contributed by atoms with Crippen LogP contribution in [0.15, 0.2) is 0 Å². The lowest BCUT2D eigenvalue weighted by Crippen LogP contribution is -2.41. The minimum Gasteiger partial charge on any atom is -0.481 e. The fourth-order valence-corrected chi connectivity index (χ4v) is 4.75. The molecule has 126 valence electrons. The molecule has 2 aliphatic rings. The highest BCUT2D eigenvalue weighted by Crippen LogP contribution is 2.41. The average Bonchev–Trinajstić information content (AvgIpc) is 2.66. The highest BCUT2D eigenvalue weighted by molar-refractivity contribution is 7.89. The fourth-order valence-electron chi connectivity index (χ4n) is 3.87. The van der Waals surface area contributed by atoms with E-state index < -0.39 is 16.0 Å². The van der Waals surface area contributed by atoms with Crippen molar-refractivity contribution in [3.63, 3.8) is 0 Å². The lowest BCUT2D eigenvalue weighted by molar-refractivity contribution is -0.142. The van der Waals surface area contributed by atoms with Gasteiger partial charge in [-0.2, -0.15) is 0 Å². The number of likely N-dealkylation sites (tertiary alicyclic amines) is 1. The van der Waals surface area contributed by atoms with Crippen molar-refractivity contribution >= 4 is 21.9 Å². The second-order valence-corrected chi connectivity index (χ2v) is 8.46. The number of nitrogens with two attached hydrogens (primary N) is 1. The Bertz CT molecular complexity index is 539. The van der Waals surface area contributed by atoms with Gasteiger partial charge in [0.1, 0.15) is 0 Å². The molecule has 22 heavy (non-hydrogen) atoms. The van der Waals surface area contributed by atoms with E-state index in [0.717, 1.165) is 32.1 Å². The molecule has 1 aliphatic heterocycles. The molecule has 1 aliphatic carbocycles. The van der Waals surface area contributed by atoms with Gasteiger partial charge in [-0.15, -0.1) is 0 Å². The standard InChI is InChI=1S/C14H24N2O5S/c15-22(20,21)9-11-6-12(17)16(8-11)10-14(7-13(18)19)4-2-1-3-5-14/h11H,1-10H2,(H,18,19)(H2,15,20,21). The molecule has 2 rings (SSSR count). The number of nitrogens with zero attached hydrogens (tertiary/aromatic N) is 1. The molecule has 1 amide bonds. The molecule has 1 saturated carbocycles. The minimum atomic E-state index is -3.59. The SMILES string of the molecule is NS(=O)(=O)CC1CC(=O)N(CC2(CC(=O)O)CCCCC2)C1. The van der Waals surface area contributed by atoms with E-state index in [-0.39, 0.29) is 35.8 Å². The monoisotopic (exact) mass is 332 g/mol. The van der Waals surface area contributed by atoms with E-state index in [1.54, 1.807) is 4.90 Å². The van der Waals surface area contributed by atoms with Gasteiger partial charge in [0, 0.05) is 25.4 Å². The number of carbonyl (C=O) groups excluding carboxylic acids is 1. The van der Waals surface area contributed by atoms with E-state index in [9.17, 15) is 23.1 Å². The van der Waals surface area contributed by atoms with Crippen LogP contribution in [0.4, 0.5) is 0 Å². The van der Waals surface area contributed by atoms with Crippen molar-refractivity contribution in [1.29, 1.82) is 0 Å². The molecule has 1 atom stereocenters. The zero-order chi connectivity index (χ0) is 16.4. The molecule has 0 aromatic heterocycles. The summed E-state index contributed by atoms with van der Waals surface area (Å²) in [6, 6.07) is 0. The average molecular weight is 332 g/mol. The van der Waals surface area contributed by atoms with Crippen LogP contribution in [0.2, 0.25) is 0 Å². The molecule has 7 nitrogen and oxygen atoms in total. The molecule has 8 heteroatoms. The third kappa shape index (κ3) is 4.67. The Hall–Kier alpha value is -1.15. The van der Waals surface area contributed by atoms with Crippen molar-refractivity contribution < 1.29 is 23.1 Å². The molecule has 0 spiro atoms. The summed E-state index contributed by atoms with van der Waals surface area (Å²) >= 11 is 0. The van der Waals surface area contributed by atoms with Crippen molar-refractivity contribution in [3.05, 3.63) is 0 Å². The molecule has 0 radical (unpaired) electrons. The molecule has 0 bridgehead atoms. The number of aliphatic carboxylic acids is 1. The lowest BCUT2D eigenvalue weighted by Gasteiger charge is -2.39. The van der Waals surface area contributed by atoms with Crippen LogP contribution in [-0.2, 0) is 19.6 Å². The second-order valence-electron chi connectivity index (χ2n) is 6.81. The normalized spacial score (nSPS) is 25.4. The first-order chi connectivity index (χ1) is 10.2. The minimum absolute atomic E-state index is 0.0661. The predicted octanol–water partition coefficient (Wildman–Crippen LogP) is 0.549. The fraction of sp³-hybridized carbons (Fsp3) is 0.857. The zero-order valence-electron chi connectivity index (χ0n) is 12.7. The molecule has 2 fully saturated rings. The molecular formula is C14H24N2O5S. The Kier molecular flexibility index (Phi) is 5.11. The number of sulfonamides is 1. The number of carboxylic acid groups (broad SMARTS) is 1. The van der Waals surface area contributed by atoms with Crippen LogP contribution in [0.3, 0.4) is 0 Å². The van der Waals surface area contributed by atoms with E-state index in [4.69, 9.17) is 5.14 Å². The summed E-state index contributed by atoms with van der Waals surface area (Å²) < 4.78 is 22.3. The highest BCUT2D eigenvalue weighted by atomic mass is 32.2. The van der Waals surface area contributed by atoms with Gasteiger partial charge in [0.05, 0.1) is 12.2 Å². The molecule has 3 N–H and O–H groups in total. The van der Waals surface area contributed by atoms with Crippen molar-refractivity contribution in [1.82, 2.24) is 4.90 Å². The van der Waals surface area contributed by atoms with Crippen LogP contribution in [0, 0.1) is 11.3 Å². The van der Waals surface area contributed by atoms with E-state index >= 15 is 0 Å². The number of rotatable bonds is 6. The molecule has 0 aromatic rings. The summed E-state index contributed by atoms with van der Waals surface area (Å²) in [4.78, 5) is 24.9. The maximum Gasteiger partial charge on any atom is 0.303 e. The van der Waals surface area contributed by atoms with Crippen LogP contribution in [-0.4, -0.2) is 49.1 Å². The quantitative estimate of drug-likeness (QED) is 0.736. The summed E-state index contributed by atoms with van der Waals surface area (Å²) in [5, 5.41) is 14.2. The van der Waals surface area contributed by atoms with Crippen LogP contribution in [0.1, 0.15) is 44.9 Å². The van der Waals surface area contributed by atoms with Crippen LogP contribution < -0.4 is 5.14 Å². The van der Waals surface area contributed by atoms with E-state index in [2.05, 4.69) is 0 Å². The predicted molar refractivity (Wildman–Crippen MR) is 80.4 cm³/mol. The van der Waals surface area contributed by atoms with Gasteiger partial charge in [-0.3, -0.25) is 9.59 Å². The smallest absolute Gasteiger partial charge is 0.303 e. The Morgan fingerprint density at radius 2 is 1.95 bits per heavy atom. The van der Waals surface area contributed by atoms with Gasteiger partial charge < -0.3 is 10.0 Å². The number of carboxylic acids is 1. The molecule has 0 aromatic carbocycles. The molecule has 1 heterocycles. The van der Waals surface area contributed by atoms with Gasteiger partial charge in [-0.25, -0.2) is 13.6 Å². The van der Waals surface area contributed by atoms with Crippen LogP contribution >= 0.6 is 0 Å². The zero-order valence-corrected chi connectivity index (χ0v) is 13.5. The first kappa shape index (κ1) is 17.2. The maximum atomic E-state index is 12.1. The highest BCUT2D eigenvalue weighted by Gasteiger charge is 2.40. The Morgan fingerprint density at radius 3 is 2.50 bits per heavy atom. The topological polar surface area (TPSA) is 118 Å². The van der Waals surface area contributed by atoms with E-state index in [0.29, 0.717) is 13.1 Å². The number of hydrogen-bond donors (Lipinski definition) is 2. The lowest BCUT2D eigenvalue weighted by atomic mass is 9.71. The summed E-state index contributed by atoms with van der Waals surface area (Å²) in [5.41, 5.74) is -0.365. The number of hydrogen-bond acceptors (Lipinski definition) is 4. The maximum absolute atomic E-state index is 12.1. The van der Waals surface area contributed by atoms with Crippen molar-refractivity contribution in [3.8, 4) is 0 Å². The summed E-state index contributed by atoms with van der Waals surface area (Å²) in [5.74, 6) is -1.41. The van der Waals surface area contributed by atoms with Crippen molar-refractivity contribution in [2.75, 3.05) is 18.8 Å². The van der Waals surface area contributed by atoms with Gasteiger partial charge in [-0.1, -0.05) is 19.3 Å². The van der Waals surface area contributed by atoms with E-state index in [1.165, 1.54) is 0 Å². The number of carbonyl (C=O) groups is 2. The summed E-state index contributed by atoms with van der Waals surface area (Å²) in [7, 11) is -3.59. The molecule has 1 unspecified atom stereocenters. The van der Waals surface area contributed by atoms with Crippen LogP contribution in [0.25, 0.3) is 0 Å². The first-order valence-electron chi connectivity index (χ1n) is 7.69. The molecule has 1 saturated heterocycles. The largest absolute Gasteiger partial charge is 0.481 e. The van der Waals surface area contributed by atoms with Gasteiger partial charge >= 0.3 is 5.97 Å². The van der Waals surface area contributed by atoms with Gasteiger partial charge in [0.15, 0.2) is 0 Å². The number of amides is 1.